The quantitative estimate of drug-likeness (QED) is 0.627. The van der Waals surface area contributed by atoms with Crippen LogP contribution in [0.25, 0.3) is 0 Å². The van der Waals surface area contributed by atoms with Crippen LogP contribution in [0.5, 0.6) is 0 Å². The molecule has 1 saturated heterocycles. The molecule has 0 spiro atoms. The van der Waals surface area contributed by atoms with Crippen molar-refractivity contribution >= 4 is 5.91 Å². The summed E-state index contributed by atoms with van der Waals surface area (Å²) in [6.07, 6.45) is 4.14. The van der Waals surface area contributed by atoms with Gasteiger partial charge in [0.05, 0.1) is 0 Å². The van der Waals surface area contributed by atoms with E-state index in [4.69, 9.17) is 5.73 Å². The SMILES string of the molecule is CN1CCCC[C@@H]1CC(N)=O. The van der Waals surface area contributed by atoms with Crippen LogP contribution in [0.4, 0.5) is 0 Å². The van der Waals surface area contributed by atoms with Gasteiger partial charge in [0.25, 0.3) is 0 Å². The Morgan fingerprint density at radius 1 is 1.64 bits per heavy atom. The first-order chi connectivity index (χ1) is 5.20. The number of primary amides is 1. The molecule has 11 heavy (non-hydrogen) atoms. The van der Waals surface area contributed by atoms with Crippen molar-refractivity contribution in [2.45, 2.75) is 31.7 Å². The molecule has 1 heterocycles. The molecule has 0 aromatic heterocycles. The van der Waals surface area contributed by atoms with Gasteiger partial charge >= 0.3 is 0 Å². The molecule has 0 unspecified atom stereocenters. The number of amides is 1. The lowest BCUT2D eigenvalue weighted by molar-refractivity contribution is -0.119. The van der Waals surface area contributed by atoms with E-state index in [0.717, 1.165) is 13.0 Å². The predicted octanol–water partition coefficient (Wildman–Crippen LogP) is 0.346. The number of nitrogens with two attached hydrogens (primary N) is 1. The van der Waals surface area contributed by atoms with Crippen molar-refractivity contribution in [2.24, 2.45) is 5.73 Å². The molecule has 0 aromatic rings. The van der Waals surface area contributed by atoms with Crippen LogP contribution in [-0.2, 0) is 4.79 Å². The van der Waals surface area contributed by atoms with Gasteiger partial charge < -0.3 is 10.6 Å². The molecule has 0 bridgehead atoms. The molecule has 64 valence electrons. The molecule has 3 nitrogen and oxygen atoms in total. The summed E-state index contributed by atoms with van der Waals surface area (Å²) in [5.41, 5.74) is 5.12. The van der Waals surface area contributed by atoms with Gasteiger partial charge in [-0.3, -0.25) is 4.79 Å². The van der Waals surface area contributed by atoms with Gasteiger partial charge in [0, 0.05) is 12.5 Å². The molecule has 1 atom stereocenters. The highest BCUT2D eigenvalue weighted by Crippen LogP contribution is 2.16. The minimum atomic E-state index is -0.177. The fraction of sp³-hybridized carbons (Fsp3) is 0.875. The Morgan fingerprint density at radius 2 is 2.36 bits per heavy atom. The third kappa shape index (κ3) is 2.50. The number of hydrogen-bond donors (Lipinski definition) is 1. The summed E-state index contributed by atoms with van der Waals surface area (Å²) in [6.45, 7) is 1.11. The van der Waals surface area contributed by atoms with Crippen LogP contribution in [0.2, 0.25) is 0 Å². The maximum Gasteiger partial charge on any atom is 0.218 e. The molecule has 2 N–H and O–H groups in total. The lowest BCUT2D eigenvalue weighted by atomic mass is 10.0. The minimum absolute atomic E-state index is 0.177. The zero-order chi connectivity index (χ0) is 8.27. The topological polar surface area (TPSA) is 46.3 Å². The number of carbonyl (C=O) groups is 1. The summed E-state index contributed by atoms with van der Waals surface area (Å²) in [7, 11) is 2.06. The summed E-state index contributed by atoms with van der Waals surface area (Å²) >= 11 is 0. The van der Waals surface area contributed by atoms with Crippen LogP contribution in [0, 0.1) is 0 Å². The molecular weight excluding hydrogens is 140 g/mol. The van der Waals surface area contributed by atoms with Crippen molar-refractivity contribution in [2.75, 3.05) is 13.6 Å². The van der Waals surface area contributed by atoms with E-state index < -0.39 is 0 Å². The number of likely N-dealkylation sites (tertiary alicyclic amines) is 1. The van der Waals surface area contributed by atoms with Gasteiger partial charge in [-0.15, -0.1) is 0 Å². The highest BCUT2D eigenvalue weighted by molar-refractivity contribution is 5.74. The normalized spacial score (nSPS) is 26.8. The first-order valence-corrected chi connectivity index (χ1v) is 4.18. The Bertz CT molecular complexity index is 147. The summed E-state index contributed by atoms with van der Waals surface area (Å²) in [4.78, 5) is 12.8. The van der Waals surface area contributed by atoms with Crippen molar-refractivity contribution in [1.82, 2.24) is 4.90 Å². The zero-order valence-corrected chi connectivity index (χ0v) is 7.05. The summed E-state index contributed by atoms with van der Waals surface area (Å²) in [6, 6.07) is 0.404. The minimum Gasteiger partial charge on any atom is -0.370 e. The van der Waals surface area contributed by atoms with Gasteiger partial charge in [0.1, 0.15) is 0 Å². The molecule has 0 aliphatic carbocycles. The van der Waals surface area contributed by atoms with Gasteiger partial charge in [-0.05, 0) is 26.4 Å². The molecule has 1 fully saturated rings. The lowest BCUT2D eigenvalue weighted by Gasteiger charge is -2.31. The molecule has 0 saturated carbocycles. The van der Waals surface area contributed by atoms with E-state index in [1.807, 2.05) is 0 Å². The third-order valence-electron chi connectivity index (χ3n) is 2.36. The predicted molar refractivity (Wildman–Crippen MR) is 44.1 cm³/mol. The van der Waals surface area contributed by atoms with Crippen LogP contribution >= 0.6 is 0 Å². The van der Waals surface area contributed by atoms with E-state index in [-0.39, 0.29) is 5.91 Å². The lowest BCUT2D eigenvalue weighted by Crippen LogP contribution is -2.38. The van der Waals surface area contributed by atoms with Crippen LogP contribution in [0.3, 0.4) is 0 Å². The van der Waals surface area contributed by atoms with Crippen molar-refractivity contribution in [3.63, 3.8) is 0 Å². The summed E-state index contributed by atoms with van der Waals surface area (Å²) in [5, 5.41) is 0. The van der Waals surface area contributed by atoms with E-state index in [1.165, 1.54) is 12.8 Å². The monoisotopic (exact) mass is 156 g/mol. The molecule has 1 rings (SSSR count). The molecule has 1 aliphatic heterocycles. The van der Waals surface area contributed by atoms with Crippen molar-refractivity contribution in [1.29, 1.82) is 0 Å². The third-order valence-corrected chi connectivity index (χ3v) is 2.36. The number of nitrogens with zero attached hydrogens (tertiary/aromatic N) is 1. The summed E-state index contributed by atoms with van der Waals surface area (Å²) in [5.74, 6) is -0.177. The van der Waals surface area contributed by atoms with Crippen LogP contribution in [0.1, 0.15) is 25.7 Å². The molecule has 3 heteroatoms. The molecular formula is C8H16N2O. The molecule has 0 aromatic carbocycles. The van der Waals surface area contributed by atoms with Gasteiger partial charge in [0.2, 0.25) is 5.91 Å². The highest BCUT2D eigenvalue weighted by atomic mass is 16.1. The second kappa shape index (κ2) is 3.72. The first-order valence-electron chi connectivity index (χ1n) is 4.18. The smallest absolute Gasteiger partial charge is 0.218 e. The fourth-order valence-corrected chi connectivity index (χ4v) is 1.63. The number of rotatable bonds is 2. The maximum absolute atomic E-state index is 10.6. The van der Waals surface area contributed by atoms with Crippen LogP contribution in [-0.4, -0.2) is 30.4 Å². The van der Waals surface area contributed by atoms with Crippen molar-refractivity contribution in [3.05, 3.63) is 0 Å². The van der Waals surface area contributed by atoms with E-state index in [0.29, 0.717) is 12.5 Å². The largest absolute Gasteiger partial charge is 0.370 e. The van der Waals surface area contributed by atoms with Crippen molar-refractivity contribution in [3.8, 4) is 0 Å². The molecule has 1 aliphatic rings. The van der Waals surface area contributed by atoms with E-state index in [1.54, 1.807) is 0 Å². The fourth-order valence-electron chi connectivity index (χ4n) is 1.63. The van der Waals surface area contributed by atoms with E-state index >= 15 is 0 Å². The first kappa shape index (κ1) is 8.53. The average Bonchev–Trinajstić information content (AvgIpc) is 1.93. The number of hydrogen-bond acceptors (Lipinski definition) is 2. The second-order valence-electron chi connectivity index (χ2n) is 3.30. The molecule has 0 radical (unpaired) electrons. The Labute approximate surface area is 67.5 Å². The van der Waals surface area contributed by atoms with E-state index in [2.05, 4.69) is 11.9 Å². The Morgan fingerprint density at radius 3 is 2.91 bits per heavy atom. The molecule has 1 amide bonds. The Kier molecular flexibility index (Phi) is 2.88. The van der Waals surface area contributed by atoms with Gasteiger partial charge in [-0.2, -0.15) is 0 Å². The van der Waals surface area contributed by atoms with Gasteiger partial charge in [-0.1, -0.05) is 6.42 Å². The van der Waals surface area contributed by atoms with E-state index in [9.17, 15) is 4.79 Å². The highest BCUT2D eigenvalue weighted by Gasteiger charge is 2.19. The zero-order valence-electron chi connectivity index (χ0n) is 7.05. The van der Waals surface area contributed by atoms with Crippen molar-refractivity contribution < 1.29 is 4.79 Å². The average molecular weight is 156 g/mol. The van der Waals surface area contributed by atoms with Crippen LogP contribution in [0.15, 0.2) is 0 Å². The summed E-state index contributed by atoms with van der Waals surface area (Å²) < 4.78 is 0. The van der Waals surface area contributed by atoms with Gasteiger partial charge in [0.15, 0.2) is 0 Å². The number of piperidine rings is 1. The Hall–Kier alpha value is -0.570. The standard InChI is InChI=1S/C8H16N2O/c1-10-5-3-2-4-7(10)6-8(9)11/h7H,2-6H2,1H3,(H2,9,11)/t7-/m1/s1. The number of carbonyl (C=O) groups excluding carboxylic acids is 1. The maximum atomic E-state index is 10.6. The van der Waals surface area contributed by atoms with Crippen LogP contribution < -0.4 is 5.73 Å². The second-order valence-corrected chi connectivity index (χ2v) is 3.30. The van der Waals surface area contributed by atoms with Gasteiger partial charge in [-0.25, -0.2) is 0 Å². The Balaban J connectivity index is 2.35.